The Morgan fingerprint density at radius 2 is 1.12 bits per heavy atom. The molecule has 0 unspecified atom stereocenters. The molecule has 1 N–H and O–H groups in total. The molecule has 154 valence electrons. The summed E-state index contributed by atoms with van der Waals surface area (Å²) in [6.07, 6.45) is 6.59. The molecule has 0 aliphatic carbocycles. The van der Waals surface area contributed by atoms with Crippen molar-refractivity contribution in [1.82, 2.24) is 5.32 Å². The van der Waals surface area contributed by atoms with Gasteiger partial charge in [-0.1, -0.05) is 86.0 Å². The van der Waals surface area contributed by atoms with Crippen LogP contribution in [-0.2, 0) is 0 Å². The summed E-state index contributed by atoms with van der Waals surface area (Å²) in [5, 5.41) is 3.12. The lowest BCUT2D eigenvalue weighted by atomic mass is 9.97. The third-order valence-electron chi connectivity index (χ3n) is 2.97. The number of hydrogen-bond donors (Lipinski definition) is 1. The SMILES string of the molecule is C=CNCCC/C(C)=C(\C)C(C)=C(C)C.CC.CC.CCC.CCC. The first-order chi connectivity index (χ1) is 11.8. The Labute approximate surface area is 163 Å². The largest absolute Gasteiger partial charge is 0.391 e. The van der Waals surface area contributed by atoms with Gasteiger partial charge in [-0.15, -0.1) is 0 Å². The Morgan fingerprint density at radius 3 is 1.40 bits per heavy atom. The van der Waals surface area contributed by atoms with Crippen molar-refractivity contribution in [2.45, 2.75) is 116 Å². The van der Waals surface area contributed by atoms with E-state index in [-0.39, 0.29) is 0 Å². The molecule has 0 rings (SSSR count). The standard InChI is InChI=1S/C14H25N.2C3H8.2C2H6/c1-7-15-10-8-9-12(4)14(6)13(5)11(2)3;2*1-3-2;2*1-2/h7,15H,1,8-10H2,2-6H3;2*3H2,1-2H3;2*1-2H3/b14-12+;;;;. The maximum Gasteiger partial charge on any atom is 0.0144 e. The molecule has 0 heterocycles. The Bertz CT molecular complexity index is 289. The van der Waals surface area contributed by atoms with Gasteiger partial charge >= 0.3 is 0 Å². The summed E-state index contributed by atoms with van der Waals surface area (Å²) in [6.45, 7) is 32.2. The van der Waals surface area contributed by atoms with E-state index in [2.05, 4.69) is 74.2 Å². The molecule has 0 radical (unpaired) electrons. The zero-order valence-corrected chi connectivity index (χ0v) is 20.3. The summed E-state index contributed by atoms with van der Waals surface area (Å²) in [5.41, 5.74) is 5.80. The maximum absolute atomic E-state index is 3.63. The van der Waals surface area contributed by atoms with E-state index in [0.717, 1.165) is 13.0 Å². The van der Waals surface area contributed by atoms with Crippen LogP contribution in [0.4, 0.5) is 0 Å². The number of allylic oxidation sites excluding steroid dienone is 4. The normalized spacial score (nSPS) is 9.00. The number of hydrogen-bond acceptors (Lipinski definition) is 1. The van der Waals surface area contributed by atoms with Crippen LogP contribution in [-0.4, -0.2) is 6.54 Å². The second kappa shape index (κ2) is 34.4. The van der Waals surface area contributed by atoms with Gasteiger partial charge in [-0.25, -0.2) is 0 Å². The molecular formula is C24H53N. The van der Waals surface area contributed by atoms with Crippen molar-refractivity contribution in [2.75, 3.05) is 6.54 Å². The highest BCUT2D eigenvalue weighted by molar-refractivity contribution is 5.34. The molecule has 0 saturated carbocycles. The number of rotatable bonds is 6. The average Bonchev–Trinajstić information content (AvgIpc) is 2.62. The van der Waals surface area contributed by atoms with Crippen molar-refractivity contribution in [3.8, 4) is 0 Å². The van der Waals surface area contributed by atoms with Gasteiger partial charge < -0.3 is 5.32 Å². The van der Waals surface area contributed by atoms with Crippen molar-refractivity contribution in [3.63, 3.8) is 0 Å². The van der Waals surface area contributed by atoms with Gasteiger partial charge in [-0.05, 0) is 64.8 Å². The highest BCUT2D eigenvalue weighted by Crippen LogP contribution is 2.19. The van der Waals surface area contributed by atoms with E-state index in [0.29, 0.717) is 0 Å². The minimum Gasteiger partial charge on any atom is -0.391 e. The van der Waals surface area contributed by atoms with Crippen LogP contribution in [0.15, 0.2) is 35.1 Å². The van der Waals surface area contributed by atoms with Gasteiger partial charge in [-0.2, -0.15) is 0 Å². The Balaban J connectivity index is -0.000000111. The maximum atomic E-state index is 3.63. The van der Waals surface area contributed by atoms with Crippen molar-refractivity contribution in [3.05, 3.63) is 35.1 Å². The predicted molar refractivity (Wildman–Crippen MR) is 124 cm³/mol. The lowest BCUT2D eigenvalue weighted by Crippen LogP contribution is -2.06. The average molecular weight is 356 g/mol. The van der Waals surface area contributed by atoms with Crippen LogP contribution in [0, 0.1) is 0 Å². The second-order valence-electron chi connectivity index (χ2n) is 5.71. The molecule has 1 heteroatoms. The molecule has 0 aromatic rings. The van der Waals surface area contributed by atoms with Crippen LogP contribution in [0.5, 0.6) is 0 Å². The zero-order chi connectivity index (χ0) is 21.3. The van der Waals surface area contributed by atoms with Crippen LogP contribution in [0.2, 0.25) is 0 Å². The molecule has 0 aromatic heterocycles. The van der Waals surface area contributed by atoms with Gasteiger partial charge in [0.1, 0.15) is 0 Å². The molecule has 0 aliphatic rings. The lowest BCUT2D eigenvalue weighted by Gasteiger charge is -2.10. The fourth-order valence-corrected chi connectivity index (χ4v) is 1.44. The fourth-order valence-electron chi connectivity index (χ4n) is 1.44. The molecular weight excluding hydrogens is 302 g/mol. The molecule has 0 spiro atoms. The third kappa shape index (κ3) is 35.1. The van der Waals surface area contributed by atoms with E-state index in [1.165, 1.54) is 41.6 Å². The minimum absolute atomic E-state index is 1.02. The molecule has 1 nitrogen and oxygen atoms in total. The monoisotopic (exact) mass is 355 g/mol. The quantitative estimate of drug-likeness (QED) is 0.370. The molecule has 0 saturated heterocycles. The summed E-state index contributed by atoms with van der Waals surface area (Å²) in [6, 6.07) is 0. The first kappa shape index (κ1) is 35.2. The molecule has 0 amide bonds. The highest BCUT2D eigenvalue weighted by Gasteiger charge is 2.00. The molecule has 25 heavy (non-hydrogen) atoms. The van der Waals surface area contributed by atoms with Crippen LogP contribution in [0.1, 0.15) is 116 Å². The van der Waals surface area contributed by atoms with E-state index < -0.39 is 0 Å². The Hall–Kier alpha value is -0.980. The molecule has 0 atom stereocenters. The van der Waals surface area contributed by atoms with Crippen LogP contribution < -0.4 is 5.32 Å². The molecule has 0 aliphatic heterocycles. The topological polar surface area (TPSA) is 12.0 Å². The van der Waals surface area contributed by atoms with Crippen LogP contribution in [0.3, 0.4) is 0 Å². The van der Waals surface area contributed by atoms with E-state index in [1.807, 2.05) is 27.7 Å². The van der Waals surface area contributed by atoms with Crippen molar-refractivity contribution in [1.29, 1.82) is 0 Å². The molecule has 0 bridgehead atoms. The van der Waals surface area contributed by atoms with Gasteiger partial charge in [0.25, 0.3) is 0 Å². The van der Waals surface area contributed by atoms with Gasteiger partial charge in [-0.3, -0.25) is 0 Å². The molecule has 0 aromatic carbocycles. The van der Waals surface area contributed by atoms with Crippen molar-refractivity contribution < 1.29 is 0 Å². The smallest absolute Gasteiger partial charge is 0.0144 e. The summed E-state index contributed by atoms with van der Waals surface area (Å²) < 4.78 is 0. The summed E-state index contributed by atoms with van der Waals surface area (Å²) in [5.74, 6) is 0. The molecule has 0 fully saturated rings. The van der Waals surface area contributed by atoms with Gasteiger partial charge in [0, 0.05) is 6.54 Å². The Kier molecular flexibility index (Phi) is 48.4. The van der Waals surface area contributed by atoms with Gasteiger partial charge in [0.2, 0.25) is 0 Å². The van der Waals surface area contributed by atoms with Crippen LogP contribution in [0.25, 0.3) is 0 Å². The minimum atomic E-state index is 1.02. The second-order valence-corrected chi connectivity index (χ2v) is 5.71. The predicted octanol–water partition coefficient (Wildman–Crippen LogP) is 9.08. The zero-order valence-electron chi connectivity index (χ0n) is 20.3. The summed E-state index contributed by atoms with van der Waals surface area (Å²) in [7, 11) is 0. The first-order valence-electron chi connectivity index (χ1n) is 10.5. The number of nitrogens with one attached hydrogen (secondary N) is 1. The van der Waals surface area contributed by atoms with Gasteiger partial charge in [0.15, 0.2) is 0 Å². The third-order valence-corrected chi connectivity index (χ3v) is 2.97. The van der Waals surface area contributed by atoms with E-state index >= 15 is 0 Å². The lowest BCUT2D eigenvalue weighted by molar-refractivity contribution is 0.744. The van der Waals surface area contributed by atoms with Crippen LogP contribution >= 0.6 is 0 Å². The van der Waals surface area contributed by atoms with E-state index in [4.69, 9.17) is 0 Å². The summed E-state index contributed by atoms with van der Waals surface area (Å²) >= 11 is 0. The summed E-state index contributed by atoms with van der Waals surface area (Å²) in [4.78, 5) is 0. The fraction of sp³-hybridized carbons (Fsp3) is 0.750. The highest BCUT2D eigenvalue weighted by atomic mass is 14.8. The van der Waals surface area contributed by atoms with Crippen molar-refractivity contribution in [2.24, 2.45) is 0 Å². The Morgan fingerprint density at radius 1 is 0.760 bits per heavy atom. The van der Waals surface area contributed by atoms with Gasteiger partial charge in [0.05, 0.1) is 0 Å². The van der Waals surface area contributed by atoms with E-state index in [1.54, 1.807) is 6.20 Å². The van der Waals surface area contributed by atoms with Crippen molar-refractivity contribution >= 4 is 0 Å². The first-order valence-corrected chi connectivity index (χ1v) is 10.5. The van der Waals surface area contributed by atoms with E-state index in [9.17, 15) is 0 Å².